The Morgan fingerprint density at radius 2 is 2.04 bits per heavy atom. The van der Waals surface area contributed by atoms with Gasteiger partial charge in [-0.2, -0.15) is 0 Å². The Balaban J connectivity index is 1.45. The van der Waals surface area contributed by atoms with Gasteiger partial charge in [0, 0.05) is 35.9 Å². The van der Waals surface area contributed by atoms with E-state index in [-0.39, 0.29) is 12.0 Å². The summed E-state index contributed by atoms with van der Waals surface area (Å²) in [6, 6.07) is 11.0. The molecule has 6 nitrogen and oxygen atoms in total. The van der Waals surface area contributed by atoms with Gasteiger partial charge in [0.1, 0.15) is 5.76 Å². The number of ether oxygens (including phenoxy) is 1. The second-order valence-electron chi connectivity index (χ2n) is 6.28. The van der Waals surface area contributed by atoms with Gasteiger partial charge in [0.05, 0.1) is 19.3 Å². The summed E-state index contributed by atoms with van der Waals surface area (Å²) < 4.78 is 11.7. The molecule has 27 heavy (non-hydrogen) atoms. The molecule has 0 bridgehead atoms. The fourth-order valence-corrected chi connectivity index (χ4v) is 3.25. The third-order valence-corrected chi connectivity index (χ3v) is 4.82. The summed E-state index contributed by atoms with van der Waals surface area (Å²) >= 11 is 6.21. The van der Waals surface area contributed by atoms with Crippen molar-refractivity contribution in [1.29, 1.82) is 0 Å². The van der Waals surface area contributed by atoms with Gasteiger partial charge in [0.25, 0.3) is 5.91 Å². The number of nitrogens with zero attached hydrogens (tertiary/aromatic N) is 3. The molecule has 1 atom stereocenters. The lowest BCUT2D eigenvalue weighted by molar-refractivity contribution is -0.0349. The van der Waals surface area contributed by atoms with Gasteiger partial charge in [-0.25, -0.2) is 4.98 Å². The van der Waals surface area contributed by atoms with Crippen LogP contribution in [0.15, 0.2) is 59.4 Å². The normalized spacial score (nSPS) is 17.1. The number of hydrogen-bond acceptors (Lipinski definition) is 5. The van der Waals surface area contributed by atoms with Crippen molar-refractivity contribution in [3.05, 3.63) is 82.8 Å². The predicted octanol–water partition coefficient (Wildman–Crippen LogP) is 3.53. The van der Waals surface area contributed by atoms with E-state index in [9.17, 15) is 4.79 Å². The number of morpholine rings is 1. The van der Waals surface area contributed by atoms with Crippen LogP contribution >= 0.6 is 11.6 Å². The van der Waals surface area contributed by atoms with Crippen molar-refractivity contribution >= 4 is 17.5 Å². The maximum atomic E-state index is 12.6. The first-order valence-corrected chi connectivity index (χ1v) is 9.07. The van der Waals surface area contributed by atoms with E-state index in [1.54, 1.807) is 35.6 Å². The molecular formula is C20H18ClN3O3. The third-order valence-electron chi connectivity index (χ3n) is 4.45. The number of rotatable bonds is 4. The van der Waals surface area contributed by atoms with Gasteiger partial charge in [0.2, 0.25) is 5.89 Å². The Labute approximate surface area is 161 Å². The molecule has 0 unspecified atom stereocenters. The van der Waals surface area contributed by atoms with Crippen LogP contribution in [0.2, 0.25) is 5.02 Å². The molecule has 1 aromatic carbocycles. The van der Waals surface area contributed by atoms with E-state index in [1.807, 2.05) is 24.3 Å². The smallest absolute Gasteiger partial charge is 0.254 e. The second kappa shape index (κ2) is 7.90. The van der Waals surface area contributed by atoms with Gasteiger partial charge in [-0.1, -0.05) is 29.8 Å². The Morgan fingerprint density at radius 3 is 2.85 bits per heavy atom. The van der Waals surface area contributed by atoms with Crippen molar-refractivity contribution in [2.45, 2.75) is 12.5 Å². The molecule has 1 saturated heterocycles. The molecule has 0 radical (unpaired) electrons. The van der Waals surface area contributed by atoms with Crippen LogP contribution in [0.1, 0.15) is 33.7 Å². The average molecular weight is 384 g/mol. The summed E-state index contributed by atoms with van der Waals surface area (Å²) in [5.74, 6) is 1.14. The first kappa shape index (κ1) is 17.7. The van der Waals surface area contributed by atoms with E-state index >= 15 is 0 Å². The summed E-state index contributed by atoms with van der Waals surface area (Å²) in [4.78, 5) is 22.7. The fraction of sp³-hybridized carbons (Fsp3) is 0.250. The number of benzene rings is 1. The van der Waals surface area contributed by atoms with Crippen molar-refractivity contribution < 1.29 is 13.9 Å². The van der Waals surface area contributed by atoms with Crippen LogP contribution < -0.4 is 0 Å². The molecule has 7 heteroatoms. The minimum atomic E-state index is -0.385. The molecule has 0 spiro atoms. The van der Waals surface area contributed by atoms with Gasteiger partial charge in [-0.05, 0) is 23.8 Å². The van der Waals surface area contributed by atoms with Gasteiger partial charge in [-0.15, -0.1) is 0 Å². The number of pyridine rings is 1. The molecule has 138 valence electrons. The number of carbonyl (C=O) groups is 1. The maximum absolute atomic E-state index is 12.6. The van der Waals surface area contributed by atoms with Crippen LogP contribution in [0.4, 0.5) is 0 Å². The van der Waals surface area contributed by atoms with Gasteiger partial charge in [-0.3, -0.25) is 9.78 Å². The molecule has 4 rings (SSSR count). The highest BCUT2D eigenvalue weighted by atomic mass is 35.5. The summed E-state index contributed by atoms with van der Waals surface area (Å²) in [5, 5.41) is 0.693. The SMILES string of the molecule is O=C(c1ccncc1)N1CCO[C@H](c2ncc(Cc3ccccc3Cl)o2)C1. The lowest BCUT2D eigenvalue weighted by Crippen LogP contribution is -2.42. The van der Waals surface area contributed by atoms with Crippen LogP contribution in [0.3, 0.4) is 0 Å². The molecule has 1 aliphatic rings. The van der Waals surface area contributed by atoms with E-state index in [2.05, 4.69) is 9.97 Å². The highest BCUT2D eigenvalue weighted by Gasteiger charge is 2.29. The number of aromatic nitrogens is 2. The number of amides is 1. The Bertz CT molecular complexity index is 929. The lowest BCUT2D eigenvalue weighted by atomic mass is 10.1. The number of oxazole rings is 1. The molecule has 3 heterocycles. The summed E-state index contributed by atoms with van der Waals surface area (Å²) in [7, 11) is 0. The standard InChI is InChI=1S/C20H18ClN3O3/c21-17-4-2-1-3-15(17)11-16-12-23-19(27-16)18-13-24(9-10-26-18)20(25)14-5-7-22-8-6-14/h1-8,12,18H,9-11,13H2/t18-/m0/s1. The third kappa shape index (κ3) is 4.02. The average Bonchev–Trinajstić information content (AvgIpc) is 3.19. The summed E-state index contributed by atoms with van der Waals surface area (Å²) in [6.45, 7) is 1.36. The molecule has 1 fully saturated rings. The monoisotopic (exact) mass is 383 g/mol. The zero-order chi connectivity index (χ0) is 18.6. The molecule has 0 aliphatic carbocycles. The van der Waals surface area contributed by atoms with Crippen LogP contribution in [0.5, 0.6) is 0 Å². The van der Waals surface area contributed by atoms with Crippen molar-refractivity contribution in [3.63, 3.8) is 0 Å². The molecule has 1 aliphatic heterocycles. The molecule has 0 saturated carbocycles. The Morgan fingerprint density at radius 1 is 1.22 bits per heavy atom. The van der Waals surface area contributed by atoms with Gasteiger partial charge < -0.3 is 14.1 Å². The molecular weight excluding hydrogens is 366 g/mol. The quantitative estimate of drug-likeness (QED) is 0.689. The minimum absolute atomic E-state index is 0.0476. The predicted molar refractivity (Wildman–Crippen MR) is 99.6 cm³/mol. The second-order valence-corrected chi connectivity index (χ2v) is 6.69. The fourth-order valence-electron chi connectivity index (χ4n) is 3.04. The Hall–Kier alpha value is -2.70. The van der Waals surface area contributed by atoms with Crippen LogP contribution in [-0.4, -0.2) is 40.5 Å². The zero-order valence-electron chi connectivity index (χ0n) is 14.5. The summed E-state index contributed by atoms with van der Waals surface area (Å²) in [6.07, 6.45) is 5.08. The molecule has 3 aromatic rings. The number of hydrogen-bond donors (Lipinski definition) is 0. The van der Waals surface area contributed by atoms with Crippen LogP contribution in [-0.2, 0) is 11.2 Å². The van der Waals surface area contributed by atoms with Crippen LogP contribution in [0, 0.1) is 0 Å². The Kier molecular flexibility index (Phi) is 5.18. The molecule has 0 N–H and O–H groups in total. The molecule has 2 aromatic heterocycles. The van der Waals surface area contributed by atoms with Crippen LogP contribution in [0.25, 0.3) is 0 Å². The van der Waals surface area contributed by atoms with Gasteiger partial charge in [0.15, 0.2) is 6.10 Å². The number of halogens is 1. The first-order chi connectivity index (χ1) is 13.2. The van der Waals surface area contributed by atoms with Crippen molar-refractivity contribution in [2.24, 2.45) is 0 Å². The van der Waals surface area contributed by atoms with E-state index in [0.29, 0.717) is 48.4 Å². The maximum Gasteiger partial charge on any atom is 0.254 e. The zero-order valence-corrected chi connectivity index (χ0v) is 15.3. The lowest BCUT2D eigenvalue weighted by Gasteiger charge is -2.31. The molecule has 1 amide bonds. The van der Waals surface area contributed by atoms with Crippen molar-refractivity contribution in [3.8, 4) is 0 Å². The van der Waals surface area contributed by atoms with E-state index in [0.717, 1.165) is 5.56 Å². The highest BCUT2D eigenvalue weighted by Crippen LogP contribution is 2.25. The van der Waals surface area contributed by atoms with Gasteiger partial charge >= 0.3 is 0 Å². The van der Waals surface area contributed by atoms with Crippen molar-refractivity contribution in [1.82, 2.24) is 14.9 Å². The van der Waals surface area contributed by atoms with Crippen molar-refractivity contribution in [2.75, 3.05) is 19.7 Å². The summed E-state index contributed by atoms with van der Waals surface area (Å²) in [5.41, 5.74) is 1.58. The highest BCUT2D eigenvalue weighted by molar-refractivity contribution is 6.31. The minimum Gasteiger partial charge on any atom is -0.442 e. The van der Waals surface area contributed by atoms with E-state index < -0.39 is 0 Å². The van der Waals surface area contributed by atoms with E-state index in [4.69, 9.17) is 20.8 Å². The number of carbonyl (C=O) groups excluding carboxylic acids is 1. The van der Waals surface area contributed by atoms with E-state index in [1.165, 1.54) is 0 Å². The largest absolute Gasteiger partial charge is 0.442 e. The first-order valence-electron chi connectivity index (χ1n) is 8.69. The topological polar surface area (TPSA) is 68.5 Å².